The highest BCUT2D eigenvalue weighted by Crippen LogP contribution is 2.32. The molecule has 2 rings (SSSR count). The highest BCUT2D eigenvalue weighted by Gasteiger charge is 2.28. The molecule has 1 aliphatic rings. The second-order valence-electron chi connectivity index (χ2n) is 6.55. The van der Waals surface area contributed by atoms with Gasteiger partial charge in [-0.15, -0.1) is 0 Å². The molecule has 1 heterocycles. The molecule has 0 radical (unpaired) electrons. The van der Waals surface area contributed by atoms with E-state index in [0.717, 1.165) is 25.6 Å². The van der Waals surface area contributed by atoms with Crippen LogP contribution in [0.3, 0.4) is 0 Å². The molecule has 2 atom stereocenters. The van der Waals surface area contributed by atoms with Gasteiger partial charge in [0.25, 0.3) is 0 Å². The minimum atomic E-state index is 0.640. The van der Waals surface area contributed by atoms with Gasteiger partial charge in [0.2, 0.25) is 0 Å². The number of hydrogen-bond acceptors (Lipinski definition) is 1. The van der Waals surface area contributed by atoms with Gasteiger partial charge in [0.1, 0.15) is 0 Å². The van der Waals surface area contributed by atoms with Gasteiger partial charge in [0.15, 0.2) is 5.96 Å². The maximum absolute atomic E-state index is 4.45. The minimum Gasteiger partial charge on any atom is -0.356 e. The standard InChI is InChI=1S/C18H29N3/c1-14(2)12-20-18(19-4)21-11-10-17(15(3)13-21)16-8-6-5-7-9-16/h5-9,14-15,17H,10-13H2,1-4H3,(H,19,20). The smallest absolute Gasteiger partial charge is 0.193 e. The van der Waals surface area contributed by atoms with E-state index in [2.05, 4.69) is 66.3 Å². The van der Waals surface area contributed by atoms with Gasteiger partial charge >= 0.3 is 0 Å². The molecule has 0 aromatic heterocycles. The van der Waals surface area contributed by atoms with Gasteiger partial charge in [-0.3, -0.25) is 4.99 Å². The molecule has 3 nitrogen and oxygen atoms in total. The summed E-state index contributed by atoms with van der Waals surface area (Å²) < 4.78 is 0. The summed E-state index contributed by atoms with van der Waals surface area (Å²) in [7, 11) is 1.89. The number of hydrogen-bond donors (Lipinski definition) is 1. The van der Waals surface area contributed by atoms with E-state index in [9.17, 15) is 0 Å². The molecule has 1 N–H and O–H groups in total. The topological polar surface area (TPSA) is 27.6 Å². The van der Waals surface area contributed by atoms with Gasteiger partial charge in [0, 0.05) is 26.7 Å². The molecule has 21 heavy (non-hydrogen) atoms. The van der Waals surface area contributed by atoms with E-state index in [1.54, 1.807) is 0 Å². The van der Waals surface area contributed by atoms with Crippen molar-refractivity contribution < 1.29 is 0 Å². The quantitative estimate of drug-likeness (QED) is 0.682. The second-order valence-corrected chi connectivity index (χ2v) is 6.55. The van der Waals surface area contributed by atoms with E-state index in [4.69, 9.17) is 0 Å². The molecule has 1 fully saturated rings. The SMILES string of the molecule is CN=C(NCC(C)C)N1CCC(c2ccccc2)C(C)C1. The normalized spacial score (nSPS) is 23.5. The zero-order valence-corrected chi connectivity index (χ0v) is 13.8. The molecule has 1 aromatic carbocycles. The Kier molecular flexibility index (Phi) is 5.66. The van der Waals surface area contributed by atoms with Crippen LogP contribution in [0.15, 0.2) is 35.3 Å². The van der Waals surface area contributed by atoms with Crippen molar-refractivity contribution in [3.05, 3.63) is 35.9 Å². The lowest BCUT2D eigenvalue weighted by Crippen LogP contribution is -2.48. The average molecular weight is 287 g/mol. The fraction of sp³-hybridized carbons (Fsp3) is 0.611. The lowest BCUT2D eigenvalue weighted by molar-refractivity contribution is 0.234. The third-order valence-corrected chi connectivity index (χ3v) is 4.31. The van der Waals surface area contributed by atoms with Crippen LogP contribution in [0.5, 0.6) is 0 Å². The Morgan fingerprint density at radius 3 is 2.62 bits per heavy atom. The van der Waals surface area contributed by atoms with Gasteiger partial charge in [-0.05, 0) is 29.7 Å². The molecule has 0 spiro atoms. The van der Waals surface area contributed by atoms with Crippen molar-refractivity contribution >= 4 is 5.96 Å². The monoisotopic (exact) mass is 287 g/mol. The second kappa shape index (κ2) is 7.48. The van der Waals surface area contributed by atoms with Crippen LogP contribution in [0.4, 0.5) is 0 Å². The van der Waals surface area contributed by atoms with Crippen LogP contribution in [-0.4, -0.2) is 37.5 Å². The summed E-state index contributed by atoms with van der Waals surface area (Å²) in [5.74, 6) is 3.02. The molecule has 0 aliphatic carbocycles. The van der Waals surface area contributed by atoms with Gasteiger partial charge in [-0.1, -0.05) is 51.1 Å². The van der Waals surface area contributed by atoms with E-state index in [1.165, 1.54) is 12.0 Å². The summed E-state index contributed by atoms with van der Waals surface area (Å²) in [4.78, 5) is 6.86. The van der Waals surface area contributed by atoms with Crippen molar-refractivity contribution in [3.63, 3.8) is 0 Å². The van der Waals surface area contributed by atoms with Crippen molar-refractivity contribution in [2.45, 2.75) is 33.1 Å². The predicted molar refractivity (Wildman–Crippen MR) is 90.7 cm³/mol. The first-order chi connectivity index (χ1) is 10.1. The van der Waals surface area contributed by atoms with Crippen LogP contribution in [0.2, 0.25) is 0 Å². The molecule has 0 amide bonds. The van der Waals surface area contributed by atoms with Crippen LogP contribution in [-0.2, 0) is 0 Å². The van der Waals surface area contributed by atoms with Gasteiger partial charge in [-0.25, -0.2) is 0 Å². The van der Waals surface area contributed by atoms with E-state index >= 15 is 0 Å². The molecule has 0 bridgehead atoms. The summed E-state index contributed by atoms with van der Waals surface area (Å²) in [5, 5.41) is 3.49. The van der Waals surface area contributed by atoms with Crippen LogP contribution < -0.4 is 5.32 Å². The maximum Gasteiger partial charge on any atom is 0.193 e. The number of rotatable bonds is 3. The molecule has 0 saturated carbocycles. The third kappa shape index (κ3) is 4.23. The average Bonchev–Trinajstić information content (AvgIpc) is 2.48. The summed E-state index contributed by atoms with van der Waals surface area (Å²) in [6, 6.07) is 10.9. The van der Waals surface area contributed by atoms with Crippen molar-refractivity contribution in [1.82, 2.24) is 10.2 Å². The summed E-state index contributed by atoms with van der Waals surface area (Å²) in [5.41, 5.74) is 1.48. The lowest BCUT2D eigenvalue weighted by Gasteiger charge is -2.39. The molecule has 1 aromatic rings. The summed E-state index contributed by atoms with van der Waals surface area (Å²) in [6.45, 7) is 9.97. The molecule has 116 valence electrons. The van der Waals surface area contributed by atoms with E-state index < -0.39 is 0 Å². The molecule has 2 unspecified atom stereocenters. The van der Waals surface area contributed by atoms with Gasteiger partial charge in [0.05, 0.1) is 0 Å². The van der Waals surface area contributed by atoms with Crippen molar-refractivity contribution in [1.29, 1.82) is 0 Å². The Balaban J connectivity index is 1.96. The van der Waals surface area contributed by atoms with Crippen LogP contribution >= 0.6 is 0 Å². The number of piperidine rings is 1. The van der Waals surface area contributed by atoms with Crippen LogP contribution in [0, 0.1) is 11.8 Å². The lowest BCUT2D eigenvalue weighted by atomic mass is 9.82. The van der Waals surface area contributed by atoms with Crippen LogP contribution in [0.25, 0.3) is 0 Å². The third-order valence-electron chi connectivity index (χ3n) is 4.31. The van der Waals surface area contributed by atoms with Crippen molar-refractivity contribution in [2.24, 2.45) is 16.8 Å². The largest absolute Gasteiger partial charge is 0.356 e. The molecular weight excluding hydrogens is 258 g/mol. The fourth-order valence-corrected chi connectivity index (χ4v) is 3.16. The Morgan fingerprint density at radius 1 is 1.33 bits per heavy atom. The van der Waals surface area contributed by atoms with Crippen molar-refractivity contribution in [2.75, 3.05) is 26.7 Å². The zero-order chi connectivity index (χ0) is 15.2. The Hall–Kier alpha value is -1.51. The maximum atomic E-state index is 4.45. The van der Waals surface area contributed by atoms with E-state index in [0.29, 0.717) is 17.8 Å². The highest BCUT2D eigenvalue weighted by atomic mass is 15.3. The first-order valence-electron chi connectivity index (χ1n) is 8.12. The van der Waals surface area contributed by atoms with Gasteiger partial charge < -0.3 is 10.2 Å². The van der Waals surface area contributed by atoms with Crippen molar-refractivity contribution in [3.8, 4) is 0 Å². The number of benzene rings is 1. The first-order valence-corrected chi connectivity index (χ1v) is 8.12. The predicted octanol–water partition coefficient (Wildman–Crippen LogP) is 3.34. The number of guanidine groups is 1. The summed E-state index contributed by atoms with van der Waals surface area (Å²) in [6.07, 6.45) is 1.20. The van der Waals surface area contributed by atoms with Gasteiger partial charge in [-0.2, -0.15) is 0 Å². The Bertz CT molecular complexity index is 453. The van der Waals surface area contributed by atoms with E-state index in [-0.39, 0.29) is 0 Å². The first kappa shape index (κ1) is 15.9. The number of nitrogens with zero attached hydrogens (tertiary/aromatic N) is 2. The van der Waals surface area contributed by atoms with E-state index in [1.807, 2.05) is 7.05 Å². The Labute approximate surface area is 129 Å². The van der Waals surface area contributed by atoms with Crippen LogP contribution in [0.1, 0.15) is 38.7 Å². The molecule has 1 saturated heterocycles. The Morgan fingerprint density at radius 2 is 2.05 bits per heavy atom. The summed E-state index contributed by atoms with van der Waals surface area (Å²) >= 11 is 0. The number of aliphatic imine (C=N–C) groups is 1. The molecular formula is C18H29N3. The fourth-order valence-electron chi connectivity index (χ4n) is 3.16. The minimum absolute atomic E-state index is 0.640. The number of nitrogens with one attached hydrogen (secondary N) is 1. The molecule has 1 aliphatic heterocycles. The molecule has 3 heteroatoms. The number of likely N-dealkylation sites (tertiary alicyclic amines) is 1. The zero-order valence-electron chi connectivity index (χ0n) is 13.8. The highest BCUT2D eigenvalue weighted by molar-refractivity contribution is 5.80.